The molecule has 1 aromatic carbocycles. The molecule has 3 N–H and O–H groups in total. The van der Waals surface area contributed by atoms with Crippen molar-refractivity contribution in [3.63, 3.8) is 0 Å². The number of aromatic nitrogens is 1. The van der Waals surface area contributed by atoms with Gasteiger partial charge in [0, 0.05) is 24.9 Å². The number of hydrogen-bond donors (Lipinski definition) is 2. The van der Waals surface area contributed by atoms with Crippen molar-refractivity contribution < 1.29 is 4.74 Å². The number of hydrogen-bond acceptors (Lipinski definition) is 4. The van der Waals surface area contributed by atoms with Gasteiger partial charge in [-0.1, -0.05) is 32.0 Å². The summed E-state index contributed by atoms with van der Waals surface area (Å²) in [5.74, 6) is 5.86. The van der Waals surface area contributed by atoms with Crippen molar-refractivity contribution in [3.05, 3.63) is 42.2 Å². The van der Waals surface area contributed by atoms with Gasteiger partial charge in [-0.2, -0.15) is 0 Å². The van der Waals surface area contributed by atoms with E-state index in [1.54, 1.807) is 13.3 Å². The molecule has 4 heteroatoms. The number of benzene rings is 1. The first-order valence-electron chi connectivity index (χ1n) is 7.06. The Morgan fingerprint density at radius 3 is 2.65 bits per heavy atom. The highest BCUT2D eigenvalue weighted by Gasteiger charge is 2.37. The van der Waals surface area contributed by atoms with Crippen molar-refractivity contribution in [1.29, 1.82) is 0 Å². The van der Waals surface area contributed by atoms with Gasteiger partial charge in [-0.3, -0.25) is 16.3 Å². The summed E-state index contributed by atoms with van der Waals surface area (Å²) >= 11 is 0. The molecule has 0 radical (unpaired) electrons. The molecule has 4 nitrogen and oxygen atoms in total. The summed E-state index contributed by atoms with van der Waals surface area (Å²) in [5, 5.41) is 2.27. The molecule has 1 unspecified atom stereocenters. The van der Waals surface area contributed by atoms with Crippen molar-refractivity contribution in [2.24, 2.45) is 5.84 Å². The second kappa shape index (κ2) is 6.31. The van der Waals surface area contributed by atoms with Crippen LogP contribution in [0, 0.1) is 0 Å². The third-order valence-corrected chi connectivity index (χ3v) is 4.32. The highest BCUT2D eigenvalue weighted by molar-refractivity contribution is 5.85. The molecule has 2 aromatic rings. The molecule has 0 bridgehead atoms. The zero-order valence-electron chi connectivity index (χ0n) is 12.4. The number of hydrazine groups is 1. The zero-order valence-corrected chi connectivity index (χ0v) is 12.4. The number of nitrogens with zero attached hydrogens (tertiary/aromatic N) is 1. The molecule has 0 amide bonds. The number of fused-ring (bicyclic) bond motifs is 1. The van der Waals surface area contributed by atoms with Crippen LogP contribution in [0.2, 0.25) is 0 Å². The summed E-state index contributed by atoms with van der Waals surface area (Å²) in [5.41, 5.74) is 3.76. The maximum Gasteiger partial charge on any atom is 0.0880 e. The molecule has 0 saturated heterocycles. The highest BCUT2D eigenvalue weighted by Crippen LogP contribution is 2.37. The van der Waals surface area contributed by atoms with Crippen LogP contribution in [0.4, 0.5) is 0 Å². The second-order valence-corrected chi connectivity index (χ2v) is 5.02. The first-order chi connectivity index (χ1) is 9.72. The maximum atomic E-state index is 5.86. The Labute approximate surface area is 120 Å². The Morgan fingerprint density at radius 1 is 1.30 bits per heavy atom. The van der Waals surface area contributed by atoms with Crippen LogP contribution in [0.1, 0.15) is 38.3 Å². The third kappa shape index (κ3) is 2.42. The minimum absolute atomic E-state index is 0.0737. The van der Waals surface area contributed by atoms with E-state index in [0.29, 0.717) is 0 Å². The molecule has 2 rings (SSSR count). The van der Waals surface area contributed by atoms with Crippen molar-refractivity contribution >= 4 is 10.8 Å². The van der Waals surface area contributed by atoms with Crippen LogP contribution >= 0.6 is 0 Å². The molecular weight excluding hydrogens is 250 g/mol. The summed E-state index contributed by atoms with van der Waals surface area (Å²) in [4.78, 5) is 4.24. The Hall–Kier alpha value is -1.49. The quantitative estimate of drug-likeness (QED) is 0.627. The number of nitrogens with one attached hydrogen (secondary N) is 1. The van der Waals surface area contributed by atoms with Crippen LogP contribution in [0.5, 0.6) is 0 Å². The highest BCUT2D eigenvalue weighted by atomic mass is 16.5. The SMILES string of the molecule is CCC(CC)(OC)C(NN)c1cccc2ccncc12. The Bertz CT molecular complexity index is 553. The molecule has 1 atom stereocenters. The number of pyridine rings is 1. The van der Waals surface area contributed by atoms with Gasteiger partial charge in [0.1, 0.15) is 0 Å². The molecule has 0 saturated carbocycles. The average molecular weight is 273 g/mol. The summed E-state index contributed by atoms with van der Waals surface area (Å²) in [6, 6.07) is 8.16. The number of nitrogens with two attached hydrogens (primary N) is 1. The molecule has 0 fully saturated rings. The second-order valence-electron chi connectivity index (χ2n) is 5.02. The van der Waals surface area contributed by atoms with Crippen molar-refractivity contribution in [2.45, 2.75) is 38.3 Å². The molecule has 0 aliphatic heterocycles. The minimum atomic E-state index is -0.321. The number of rotatable bonds is 6. The van der Waals surface area contributed by atoms with E-state index in [9.17, 15) is 0 Å². The van der Waals surface area contributed by atoms with E-state index in [1.165, 1.54) is 0 Å². The molecule has 1 aromatic heterocycles. The summed E-state index contributed by atoms with van der Waals surface area (Å²) in [7, 11) is 1.75. The minimum Gasteiger partial charge on any atom is -0.376 e. The smallest absolute Gasteiger partial charge is 0.0880 e. The Morgan fingerprint density at radius 2 is 2.05 bits per heavy atom. The zero-order chi connectivity index (χ0) is 14.6. The van der Waals surface area contributed by atoms with Crippen LogP contribution in [0.3, 0.4) is 0 Å². The maximum absolute atomic E-state index is 5.86. The molecule has 20 heavy (non-hydrogen) atoms. The lowest BCUT2D eigenvalue weighted by atomic mass is 9.82. The van der Waals surface area contributed by atoms with E-state index in [1.807, 2.05) is 18.3 Å². The van der Waals surface area contributed by atoms with Crippen LogP contribution < -0.4 is 11.3 Å². The fraction of sp³-hybridized carbons (Fsp3) is 0.438. The first kappa shape index (κ1) is 14.9. The standard InChI is InChI=1S/C16H23N3O/c1-4-16(5-2,20-3)15(19-17)13-8-6-7-12-9-10-18-11-14(12)13/h6-11,15,19H,4-5,17H2,1-3H3. The molecule has 0 spiro atoms. The largest absolute Gasteiger partial charge is 0.376 e. The fourth-order valence-electron chi connectivity index (χ4n) is 2.98. The van der Waals surface area contributed by atoms with Crippen LogP contribution in [0.15, 0.2) is 36.7 Å². The van der Waals surface area contributed by atoms with Gasteiger partial charge in [-0.25, -0.2) is 0 Å². The molecule has 108 valence electrons. The van der Waals surface area contributed by atoms with E-state index in [-0.39, 0.29) is 11.6 Å². The van der Waals surface area contributed by atoms with E-state index < -0.39 is 0 Å². The van der Waals surface area contributed by atoms with Gasteiger partial charge in [-0.15, -0.1) is 0 Å². The Kier molecular flexibility index (Phi) is 4.70. The van der Waals surface area contributed by atoms with Gasteiger partial charge < -0.3 is 4.74 Å². The predicted molar refractivity (Wildman–Crippen MR) is 82.1 cm³/mol. The van der Waals surface area contributed by atoms with Crippen molar-refractivity contribution in [2.75, 3.05) is 7.11 Å². The lowest BCUT2D eigenvalue weighted by Crippen LogP contribution is -2.47. The number of methoxy groups -OCH3 is 1. The van der Waals surface area contributed by atoms with E-state index >= 15 is 0 Å². The van der Waals surface area contributed by atoms with E-state index in [0.717, 1.165) is 29.2 Å². The summed E-state index contributed by atoms with van der Waals surface area (Å²) < 4.78 is 5.83. The molecule has 0 aliphatic carbocycles. The summed E-state index contributed by atoms with van der Waals surface area (Å²) in [6.45, 7) is 4.25. The van der Waals surface area contributed by atoms with Gasteiger partial charge in [0.15, 0.2) is 0 Å². The molecule has 1 heterocycles. The monoisotopic (exact) mass is 273 g/mol. The van der Waals surface area contributed by atoms with Crippen LogP contribution in [-0.4, -0.2) is 17.7 Å². The topological polar surface area (TPSA) is 60.2 Å². The van der Waals surface area contributed by atoms with E-state index in [2.05, 4.69) is 36.4 Å². The van der Waals surface area contributed by atoms with Crippen LogP contribution in [0.25, 0.3) is 10.8 Å². The Balaban J connectivity index is 2.60. The first-order valence-corrected chi connectivity index (χ1v) is 7.06. The van der Waals surface area contributed by atoms with Crippen molar-refractivity contribution in [3.8, 4) is 0 Å². The summed E-state index contributed by atoms with van der Waals surface area (Å²) in [6.07, 6.45) is 5.46. The normalized spacial score (nSPS) is 13.6. The lowest BCUT2D eigenvalue weighted by Gasteiger charge is -2.38. The lowest BCUT2D eigenvalue weighted by molar-refractivity contribution is -0.0483. The van der Waals surface area contributed by atoms with Gasteiger partial charge in [0.05, 0.1) is 11.6 Å². The third-order valence-electron chi connectivity index (χ3n) is 4.32. The van der Waals surface area contributed by atoms with Gasteiger partial charge in [0.25, 0.3) is 0 Å². The van der Waals surface area contributed by atoms with Gasteiger partial charge in [-0.05, 0) is 29.9 Å². The van der Waals surface area contributed by atoms with Crippen LogP contribution in [-0.2, 0) is 4.74 Å². The van der Waals surface area contributed by atoms with Crippen molar-refractivity contribution in [1.82, 2.24) is 10.4 Å². The molecule has 0 aliphatic rings. The predicted octanol–water partition coefficient (Wildman–Crippen LogP) is 2.94. The van der Waals surface area contributed by atoms with Gasteiger partial charge in [0.2, 0.25) is 0 Å². The fourth-order valence-corrected chi connectivity index (χ4v) is 2.98. The number of ether oxygens (including phenoxy) is 1. The van der Waals surface area contributed by atoms with Gasteiger partial charge >= 0.3 is 0 Å². The average Bonchev–Trinajstić information content (AvgIpc) is 2.52. The van der Waals surface area contributed by atoms with E-state index in [4.69, 9.17) is 10.6 Å². The molecular formula is C16H23N3O.